The van der Waals surface area contributed by atoms with Crippen molar-refractivity contribution in [2.75, 3.05) is 13.7 Å². The molecule has 21 heavy (non-hydrogen) atoms. The van der Waals surface area contributed by atoms with Crippen molar-refractivity contribution in [1.82, 2.24) is 5.32 Å². The van der Waals surface area contributed by atoms with Gasteiger partial charge in [-0.05, 0) is 54.9 Å². The summed E-state index contributed by atoms with van der Waals surface area (Å²) < 4.78 is 5.49. The van der Waals surface area contributed by atoms with Crippen molar-refractivity contribution in [2.45, 2.75) is 19.9 Å². The number of aryl methyl sites for hydroxylation is 1. The summed E-state index contributed by atoms with van der Waals surface area (Å²) in [5.74, 6) is 0.819. The number of ether oxygens (including phenoxy) is 1. The van der Waals surface area contributed by atoms with Crippen molar-refractivity contribution in [3.63, 3.8) is 0 Å². The summed E-state index contributed by atoms with van der Waals surface area (Å²) in [7, 11) is 1.67. The van der Waals surface area contributed by atoms with Crippen LogP contribution in [0.1, 0.15) is 29.7 Å². The van der Waals surface area contributed by atoms with Crippen LogP contribution in [0.15, 0.2) is 36.4 Å². The molecule has 0 saturated heterocycles. The van der Waals surface area contributed by atoms with Crippen LogP contribution in [0.2, 0.25) is 10.0 Å². The fourth-order valence-electron chi connectivity index (χ4n) is 2.49. The molecule has 0 aliphatic rings. The van der Waals surface area contributed by atoms with E-state index in [9.17, 15) is 0 Å². The first-order valence-corrected chi connectivity index (χ1v) is 7.65. The summed E-state index contributed by atoms with van der Waals surface area (Å²) in [5.41, 5.74) is 3.33. The largest absolute Gasteiger partial charge is 0.496 e. The summed E-state index contributed by atoms with van der Waals surface area (Å²) in [6.07, 6.45) is 0. The zero-order chi connectivity index (χ0) is 15.4. The molecule has 0 aliphatic heterocycles. The van der Waals surface area contributed by atoms with Gasteiger partial charge in [0.2, 0.25) is 0 Å². The second-order valence-corrected chi connectivity index (χ2v) is 5.75. The third-order valence-electron chi connectivity index (χ3n) is 3.45. The number of rotatable bonds is 5. The molecule has 2 rings (SSSR count). The number of hydrogen-bond acceptors (Lipinski definition) is 2. The van der Waals surface area contributed by atoms with Crippen LogP contribution in [0, 0.1) is 6.92 Å². The van der Waals surface area contributed by atoms with Gasteiger partial charge in [-0.2, -0.15) is 0 Å². The molecule has 2 nitrogen and oxygen atoms in total. The van der Waals surface area contributed by atoms with Crippen LogP contribution in [0.5, 0.6) is 5.75 Å². The van der Waals surface area contributed by atoms with Gasteiger partial charge in [0, 0.05) is 15.6 Å². The van der Waals surface area contributed by atoms with Crippen molar-refractivity contribution in [2.24, 2.45) is 0 Å². The third kappa shape index (κ3) is 3.70. The Labute approximate surface area is 136 Å². The van der Waals surface area contributed by atoms with Gasteiger partial charge in [0.05, 0.1) is 13.2 Å². The molecule has 0 saturated carbocycles. The molecule has 1 atom stereocenters. The smallest absolute Gasteiger partial charge is 0.124 e. The monoisotopic (exact) mass is 323 g/mol. The van der Waals surface area contributed by atoms with Gasteiger partial charge in [0.1, 0.15) is 5.75 Å². The topological polar surface area (TPSA) is 21.3 Å². The van der Waals surface area contributed by atoms with E-state index in [1.165, 1.54) is 5.56 Å². The van der Waals surface area contributed by atoms with Crippen molar-refractivity contribution in [1.29, 1.82) is 0 Å². The lowest BCUT2D eigenvalue weighted by Crippen LogP contribution is -2.23. The molecule has 0 fully saturated rings. The summed E-state index contributed by atoms with van der Waals surface area (Å²) in [5, 5.41) is 4.93. The van der Waals surface area contributed by atoms with Gasteiger partial charge in [-0.25, -0.2) is 0 Å². The minimum absolute atomic E-state index is 0.0147. The van der Waals surface area contributed by atoms with Gasteiger partial charge in [0.25, 0.3) is 0 Å². The highest BCUT2D eigenvalue weighted by atomic mass is 35.5. The standard InChI is InChI=1S/C17H19Cl2NO/c1-4-20-17(14-7-5-12(18)9-11(14)2)15-10-13(19)6-8-16(15)21-3/h5-10,17,20H,4H2,1-3H3. The maximum atomic E-state index is 6.17. The Morgan fingerprint density at radius 1 is 1.05 bits per heavy atom. The van der Waals surface area contributed by atoms with Gasteiger partial charge in [-0.3, -0.25) is 0 Å². The van der Waals surface area contributed by atoms with Crippen LogP contribution in [0.3, 0.4) is 0 Å². The Hall–Kier alpha value is -1.22. The van der Waals surface area contributed by atoms with E-state index in [-0.39, 0.29) is 6.04 Å². The van der Waals surface area contributed by atoms with Crippen LogP contribution in [0.4, 0.5) is 0 Å². The fourth-order valence-corrected chi connectivity index (χ4v) is 2.89. The molecule has 0 aromatic heterocycles. The minimum atomic E-state index is 0.0147. The van der Waals surface area contributed by atoms with Crippen molar-refractivity contribution in [3.8, 4) is 5.75 Å². The lowest BCUT2D eigenvalue weighted by Gasteiger charge is -2.23. The van der Waals surface area contributed by atoms with E-state index in [1.54, 1.807) is 7.11 Å². The van der Waals surface area contributed by atoms with Crippen LogP contribution < -0.4 is 10.1 Å². The average molecular weight is 324 g/mol. The molecule has 0 amide bonds. The fraction of sp³-hybridized carbons (Fsp3) is 0.294. The number of halogens is 2. The molecule has 112 valence electrons. The molecule has 1 N–H and O–H groups in total. The summed E-state index contributed by atoms with van der Waals surface area (Å²) in [6.45, 7) is 4.97. The second kappa shape index (κ2) is 7.17. The summed E-state index contributed by atoms with van der Waals surface area (Å²) in [6, 6.07) is 11.6. The molecule has 0 radical (unpaired) electrons. The van der Waals surface area contributed by atoms with E-state index in [4.69, 9.17) is 27.9 Å². The normalized spacial score (nSPS) is 12.2. The van der Waals surface area contributed by atoms with E-state index in [0.29, 0.717) is 5.02 Å². The maximum Gasteiger partial charge on any atom is 0.124 e. The SMILES string of the molecule is CCNC(c1ccc(Cl)cc1C)c1cc(Cl)ccc1OC. The molecule has 0 aliphatic carbocycles. The van der Waals surface area contributed by atoms with E-state index < -0.39 is 0 Å². The van der Waals surface area contributed by atoms with Gasteiger partial charge >= 0.3 is 0 Å². The first kappa shape index (κ1) is 16.2. The summed E-state index contributed by atoms with van der Waals surface area (Å²) in [4.78, 5) is 0. The quantitative estimate of drug-likeness (QED) is 0.835. The van der Waals surface area contributed by atoms with Gasteiger partial charge in [-0.1, -0.05) is 36.2 Å². The van der Waals surface area contributed by atoms with Crippen molar-refractivity contribution >= 4 is 23.2 Å². The maximum absolute atomic E-state index is 6.17. The number of nitrogens with one attached hydrogen (secondary N) is 1. The number of benzene rings is 2. The Morgan fingerprint density at radius 2 is 1.71 bits per heavy atom. The Kier molecular flexibility index (Phi) is 5.51. The molecule has 1 unspecified atom stereocenters. The van der Waals surface area contributed by atoms with Crippen LogP contribution in [0.25, 0.3) is 0 Å². The molecule has 4 heteroatoms. The predicted octanol–water partition coefficient (Wildman–Crippen LogP) is 5.01. The van der Waals surface area contributed by atoms with Crippen LogP contribution >= 0.6 is 23.2 Å². The highest BCUT2D eigenvalue weighted by Crippen LogP contribution is 2.34. The molecule has 0 heterocycles. The molecule has 0 spiro atoms. The van der Waals surface area contributed by atoms with E-state index in [2.05, 4.69) is 19.2 Å². The second-order valence-electron chi connectivity index (χ2n) is 4.88. The number of hydrogen-bond donors (Lipinski definition) is 1. The molecule has 2 aromatic carbocycles. The minimum Gasteiger partial charge on any atom is -0.496 e. The lowest BCUT2D eigenvalue weighted by atomic mass is 9.94. The zero-order valence-electron chi connectivity index (χ0n) is 12.4. The molecule has 0 bridgehead atoms. The van der Waals surface area contributed by atoms with Gasteiger partial charge in [-0.15, -0.1) is 0 Å². The van der Waals surface area contributed by atoms with Crippen molar-refractivity contribution in [3.05, 3.63) is 63.1 Å². The third-order valence-corrected chi connectivity index (χ3v) is 3.92. The Bertz CT molecular complexity index is 628. The van der Waals surface area contributed by atoms with Crippen LogP contribution in [-0.4, -0.2) is 13.7 Å². The lowest BCUT2D eigenvalue weighted by molar-refractivity contribution is 0.404. The van der Waals surface area contributed by atoms with Crippen molar-refractivity contribution < 1.29 is 4.74 Å². The molecular formula is C17H19Cl2NO. The van der Waals surface area contributed by atoms with Gasteiger partial charge in [0.15, 0.2) is 0 Å². The first-order chi connectivity index (χ1) is 10.1. The summed E-state index contributed by atoms with van der Waals surface area (Å²) >= 11 is 12.2. The van der Waals surface area contributed by atoms with E-state index in [0.717, 1.165) is 28.4 Å². The predicted molar refractivity (Wildman–Crippen MR) is 89.7 cm³/mol. The average Bonchev–Trinajstić information content (AvgIpc) is 2.45. The number of methoxy groups -OCH3 is 1. The van der Waals surface area contributed by atoms with E-state index in [1.807, 2.05) is 36.4 Å². The van der Waals surface area contributed by atoms with Crippen LogP contribution in [-0.2, 0) is 0 Å². The zero-order valence-corrected chi connectivity index (χ0v) is 13.9. The van der Waals surface area contributed by atoms with E-state index >= 15 is 0 Å². The molecule has 2 aromatic rings. The molecular weight excluding hydrogens is 305 g/mol. The highest BCUT2D eigenvalue weighted by molar-refractivity contribution is 6.31. The first-order valence-electron chi connectivity index (χ1n) is 6.89. The highest BCUT2D eigenvalue weighted by Gasteiger charge is 2.19. The van der Waals surface area contributed by atoms with Gasteiger partial charge < -0.3 is 10.1 Å². The Morgan fingerprint density at radius 3 is 2.33 bits per heavy atom. The Balaban J connectivity index is 2.55.